The van der Waals surface area contributed by atoms with Crippen molar-refractivity contribution >= 4 is 17.0 Å². The standard InChI is InChI=1S/C31H33N5O5/c1-38-30(39-2)15-13-23(14-16-30)31(21-9-5-3-6-10-21,22-11-7-4-8-12-22)40-18-24-17-25(37)29(41-24)36-20-35-26-27(32)33-19-34-28(26)36/h3-15,19-20,24-25,29,37H,16-18H2,1-2H3,(H2,32,33,34)/t24-,25+,29+/m0/s1. The number of nitrogens with two attached hydrogens (primary N) is 1. The number of imidazole rings is 1. The Kier molecular flexibility index (Phi) is 7.41. The molecule has 0 saturated carbocycles. The Bertz CT molecular complexity index is 1510. The molecule has 0 unspecified atom stereocenters. The van der Waals surface area contributed by atoms with Crippen molar-refractivity contribution in [2.45, 2.75) is 42.7 Å². The maximum absolute atomic E-state index is 11.0. The highest BCUT2D eigenvalue weighted by atomic mass is 16.7. The Labute approximate surface area is 238 Å². The summed E-state index contributed by atoms with van der Waals surface area (Å²) in [5.74, 6) is -0.564. The molecule has 3 heterocycles. The molecule has 3 atom stereocenters. The number of anilines is 1. The van der Waals surface area contributed by atoms with Gasteiger partial charge in [-0.05, 0) is 22.8 Å². The first-order chi connectivity index (χ1) is 20.0. The highest BCUT2D eigenvalue weighted by molar-refractivity contribution is 5.81. The van der Waals surface area contributed by atoms with Crippen LogP contribution in [-0.4, -0.2) is 63.4 Å². The van der Waals surface area contributed by atoms with E-state index in [-0.39, 0.29) is 12.4 Å². The zero-order valence-corrected chi connectivity index (χ0v) is 23.0. The van der Waals surface area contributed by atoms with E-state index in [1.165, 1.54) is 6.33 Å². The van der Waals surface area contributed by atoms with E-state index in [4.69, 9.17) is 24.7 Å². The van der Waals surface area contributed by atoms with Crippen molar-refractivity contribution in [1.29, 1.82) is 0 Å². The van der Waals surface area contributed by atoms with Gasteiger partial charge in [-0.25, -0.2) is 15.0 Å². The van der Waals surface area contributed by atoms with Gasteiger partial charge in [0.1, 0.15) is 23.5 Å². The van der Waals surface area contributed by atoms with E-state index in [0.717, 1.165) is 16.7 Å². The van der Waals surface area contributed by atoms with Crippen LogP contribution in [0.2, 0.25) is 0 Å². The highest BCUT2D eigenvalue weighted by Crippen LogP contribution is 2.45. The number of hydrogen-bond donors (Lipinski definition) is 2. The largest absolute Gasteiger partial charge is 0.388 e. The number of hydrogen-bond acceptors (Lipinski definition) is 9. The summed E-state index contributed by atoms with van der Waals surface area (Å²) >= 11 is 0. The Morgan fingerprint density at radius 2 is 1.71 bits per heavy atom. The van der Waals surface area contributed by atoms with Gasteiger partial charge in [0, 0.05) is 27.1 Å². The second-order valence-corrected chi connectivity index (χ2v) is 10.2. The van der Waals surface area contributed by atoms with Crippen LogP contribution in [0.4, 0.5) is 5.82 Å². The second-order valence-electron chi connectivity index (χ2n) is 10.2. The number of nitrogens with zero attached hydrogens (tertiary/aromatic N) is 4. The van der Waals surface area contributed by atoms with Crippen LogP contribution in [-0.2, 0) is 24.5 Å². The van der Waals surface area contributed by atoms with Gasteiger partial charge in [-0.15, -0.1) is 0 Å². The van der Waals surface area contributed by atoms with Gasteiger partial charge >= 0.3 is 0 Å². The lowest BCUT2D eigenvalue weighted by molar-refractivity contribution is -0.168. The van der Waals surface area contributed by atoms with Crippen molar-refractivity contribution in [2.24, 2.45) is 0 Å². The van der Waals surface area contributed by atoms with Crippen LogP contribution in [0, 0.1) is 0 Å². The Morgan fingerprint density at radius 1 is 1.02 bits per heavy atom. The van der Waals surface area contributed by atoms with Crippen LogP contribution < -0.4 is 5.73 Å². The molecule has 212 valence electrons. The molecular formula is C31H33N5O5. The van der Waals surface area contributed by atoms with Crippen molar-refractivity contribution < 1.29 is 24.1 Å². The predicted molar refractivity (Wildman–Crippen MR) is 152 cm³/mol. The molecule has 1 fully saturated rings. The fourth-order valence-electron chi connectivity index (χ4n) is 5.71. The monoisotopic (exact) mass is 555 g/mol. The van der Waals surface area contributed by atoms with Crippen molar-refractivity contribution in [3.8, 4) is 0 Å². The summed E-state index contributed by atoms with van der Waals surface area (Å²) in [6.07, 6.45) is 7.97. The molecule has 4 aromatic rings. The number of rotatable bonds is 9. The SMILES string of the molecule is COC1(OC)C=CC(C(OC[C@@H]2C[C@@H](O)[C@H](n3cnc4c(N)ncnc43)O2)(c2ccccc2)c2ccccc2)=CC1. The molecule has 2 aromatic carbocycles. The molecule has 3 N–H and O–H groups in total. The third-order valence-electron chi connectivity index (χ3n) is 7.89. The molecule has 10 heteroatoms. The van der Waals surface area contributed by atoms with Gasteiger partial charge < -0.3 is 29.8 Å². The number of benzene rings is 2. The minimum Gasteiger partial charge on any atom is -0.388 e. The van der Waals surface area contributed by atoms with Crippen LogP contribution >= 0.6 is 0 Å². The van der Waals surface area contributed by atoms with Crippen molar-refractivity contribution in [3.63, 3.8) is 0 Å². The van der Waals surface area contributed by atoms with Gasteiger partial charge in [-0.2, -0.15) is 0 Å². The molecule has 2 aromatic heterocycles. The van der Waals surface area contributed by atoms with Crippen LogP contribution in [0.25, 0.3) is 11.2 Å². The van der Waals surface area contributed by atoms with Crippen molar-refractivity contribution in [2.75, 3.05) is 26.6 Å². The number of aliphatic hydroxyl groups is 1. The van der Waals surface area contributed by atoms with E-state index in [1.54, 1.807) is 25.1 Å². The molecule has 0 spiro atoms. The summed E-state index contributed by atoms with van der Waals surface area (Å²) in [5, 5.41) is 11.0. The van der Waals surface area contributed by atoms with E-state index < -0.39 is 29.8 Å². The molecule has 2 aliphatic rings. The first-order valence-corrected chi connectivity index (χ1v) is 13.5. The summed E-state index contributed by atoms with van der Waals surface area (Å²) < 4.78 is 26.4. The topological polar surface area (TPSA) is 127 Å². The van der Waals surface area contributed by atoms with Gasteiger partial charge in [-0.1, -0.05) is 72.8 Å². The summed E-state index contributed by atoms with van der Waals surface area (Å²) in [6.45, 7) is 0.214. The maximum Gasteiger partial charge on any atom is 0.190 e. The summed E-state index contributed by atoms with van der Waals surface area (Å²) in [7, 11) is 3.27. The van der Waals surface area contributed by atoms with E-state index in [2.05, 4.69) is 45.3 Å². The molecule has 41 heavy (non-hydrogen) atoms. The Morgan fingerprint density at radius 3 is 2.32 bits per heavy atom. The summed E-state index contributed by atoms with van der Waals surface area (Å²) in [5.41, 5.74) is 8.86. The molecule has 1 aliphatic carbocycles. The first-order valence-electron chi connectivity index (χ1n) is 13.5. The number of methoxy groups -OCH3 is 2. The van der Waals surface area contributed by atoms with Gasteiger partial charge in [0.25, 0.3) is 0 Å². The fraction of sp³-hybridized carbons (Fsp3) is 0.323. The normalized spacial score (nSPS) is 22.2. The number of fused-ring (bicyclic) bond motifs is 1. The van der Waals surface area contributed by atoms with E-state index in [1.807, 2.05) is 48.6 Å². The van der Waals surface area contributed by atoms with E-state index in [0.29, 0.717) is 24.0 Å². The molecule has 6 rings (SSSR count). The maximum atomic E-state index is 11.0. The third-order valence-corrected chi connectivity index (χ3v) is 7.89. The van der Waals surface area contributed by atoms with Crippen molar-refractivity contribution in [1.82, 2.24) is 19.5 Å². The minimum atomic E-state index is -0.956. The van der Waals surface area contributed by atoms with Gasteiger partial charge in [0.05, 0.1) is 19.0 Å². The second kappa shape index (κ2) is 11.2. The van der Waals surface area contributed by atoms with Crippen molar-refractivity contribution in [3.05, 3.63) is 108 Å². The molecule has 1 saturated heterocycles. The molecule has 0 radical (unpaired) electrons. The number of ether oxygens (including phenoxy) is 4. The quantitative estimate of drug-likeness (QED) is 0.296. The lowest BCUT2D eigenvalue weighted by Gasteiger charge is -2.40. The van der Waals surface area contributed by atoms with Crippen LogP contribution in [0.5, 0.6) is 0 Å². The lowest BCUT2D eigenvalue weighted by Crippen LogP contribution is -2.39. The number of aromatic nitrogens is 4. The Balaban J connectivity index is 1.34. The number of nitrogen functional groups attached to an aromatic ring is 1. The molecule has 1 aliphatic heterocycles. The zero-order valence-electron chi connectivity index (χ0n) is 23.0. The average Bonchev–Trinajstić information content (AvgIpc) is 3.62. The summed E-state index contributed by atoms with van der Waals surface area (Å²) in [6, 6.07) is 20.2. The predicted octanol–water partition coefficient (Wildman–Crippen LogP) is 3.89. The van der Waals surface area contributed by atoms with Crippen LogP contribution in [0.1, 0.15) is 30.2 Å². The highest BCUT2D eigenvalue weighted by Gasteiger charge is 2.44. The fourth-order valence-corrected chi connectivity index (χ4v) is 5.71. The third kappa shape index (κ3) is 4.83. The minimum absolute atomic E-state index is 0.214. The van der Waals surface area contributed by atoms with E-state index >= 15 is 0 Å². The molecule has 10 nitrogen and oxygen atoms in total. The van der Waals surface area contributed by atoms with Gasteiger partial charge in [0.15, 0.2) is 23.5 Å². The summed E-state index contributed by atoms with van der Waals surface area (Å²) in [4.78, 5) is 12.6. The van der Waals surface area contributed by atoms with Gasteiger partial charge in [-0.3, -0.25) is 4.57 Å². The van der Waals surface area contributed by atoms with Gasteiger partial charge in [0.2, 0.25) is 0 Å². The molecular weight excluding hydrogens is 522 g/mol. The lowest BCUT2D eigenvalue weighted by atomic mass is 9.77. The number of aliphatic hydroxyl groups excluding tert-OH is 1. The molecule has 0 amide bonds. The van der Waals surface area contributed by atoms with E-state index in [9.17, 15) is 5.11 Å². The average molecular weight is 556 g/mol. The first kappa shape index (κ1) is 27.3. The van der Waals surface area contributed by atoms with Crippen LogP contribution in [0.3, 0.4) is 0 Å². The van der Waals surface area contributed by atoms with Crippen LogP contribution in [0.15, 0.2) is 97.1 Å². The molecule has 0 bridgehead atoms. The zero-order chi connectivity index (χ0) is 28.5. The smallest absolute Gasteiger partial charge is 0.190 e. The Hall–Kier alpha value is -3.93.